The van der Waals surface area contributed by atoms with Crippen molar-refractivity contribution in [3.63, 3.8) is 0 Å². The van der Waals surface area contributed by atoms with Crippen LogP contribution in [0.2, 0.25) is 0 Å². The molecule has 0 unspecified atom stereocenters. The van der Waals surface area contributed by atoms with Gasteiger partial charge in [-0.05, 0) is 29.8 Å². The molecule has 27 heavy (non-hydrogen) atoms. The molecular weight excluding hydrogens is 382 g/mol. The Morgan fingerprint density at radius 2 is 1.96 bits per heavy atom. The van der Waals surface area contributed by atoms with Crippen LogP contribution in [0.4, 0.5) is 17.6 Å². The van der Waals surface area contributed by atoms with Gasteiger partial charge in [0.2, 0.25) is 0 Å². The number of benzene rings is 2. The van der Waals surface area contributed by atoms with Crippen LogP contribution >= 0.6 is 11.3 Å². The second-order valence-corrected chi connectivity index (χ2v) is 6.63. The van der Waals surface area contributed by atoms with E-state index < -0.39 is 23.5 Å². The predicted molar refractivity (Wildman–Crippen MR) is 93.1 cm³/mol. The molecule has 0 radical (unpaired) electrons. The van der Waals surface area contributed by atoms with Crippen molar-refractivity contribution in [2.24, 2.45) is 0 Å². The van der Waals surface area contributed by atoms with E-state index in [0.29, 0.717) is 28.2 Å². The molecular formula is C19H13F4NO2S. The average Bonchev–Trinajstić information content (AvgIpc) is 3.09. The number of rotatable bonds is 4. The summed E-state index contributed by atoms with van der Waals surface area (Å²) >= 11 is 1.27. The van der Waals surface area contributed by atoms with Crippen molar-refractivity contribution in [3.05, 3.63) is 75.4 Å². The minimum absolute atomic E-state index is 0.162. The third-order valence-electron chi connectivity index (χ3n) is 3.83. The fraction of sp³-hybridized carbons (Fsp3) is 0.158. The molecule has 0 spiro atoms. The van der Waals surface area contributed by atoms with Crippen molar-refractivity contribution in [1.82, 2.24) is 4.98 Å². The minimum atomic E-state index is -4.42. The van der Waals surface area contributed by atoms with Gasteiger partial charge in [-0.1, -0.05) is 18.2 Å². The number of aromatic nitrogens is 1. The molecule has 0 saturated carbocycles. The molecule has 0 atom stereocenters. The number of ether oxygens (including phenoxy) is 1. The molecule has 0 aliphatic heterocycles. The Kier molecular flexibility index (Phi) is 5.27. The third-order valence-corrected chi connectivity index (χ3v) is 4.68. The molecule has 1 heterocycles. The molecule has 0 aliphatic carbocycles. The van der Waals surface area contributed by atoms with E-state index >= 15 is 0 Å². The van der Waals surface area contributed by atoms with Crippen LogP contribution < -0.4 is 0 Å². The second kappa shape index (κ2) is 7.48. The number of carbonyl (C=O) groups excluding carboxylic acids is 1. The Balaban J connectivity index is 1.81. The van der Waals surface area contributed by atoms with Crippen LogP contribution in [0.25, 0.3) is 11.3 Å². The van der Waals surface area contributed by atoms with Crippen LogP contribution in [0.1, 0.15) is 26.5 Å². The summed E-state index contributed by atoms with van der Waals surface area (Å²) in [5.74, 6) is -1.46. The summed E-state index contributed by atoms with van der Waals surface area (Å²) in [6, 6.07) is 9.07. The minimum Gasteiger partial charge on any atom is -0.465 e. The number of hydrogen-bond donors (Lipinski definition) is 0. The van der Waals surface area contributed by atoms with Crippen LogP contribution in [-0.4, -0.2) is 18.1 Å². The quantitative estimate of drug-likeness (QED) is 0.442. The third kappa shape index (κ3) is 4.33. The first-order chi connectivity index (χ1) is 12.8. The molecule has 0 fully saturated rings. The topological polar surface area (TPSA) is 39.2 Å². The summed E-state index contributed by atoms with van der Waals surface area (Å²) in [6.45, 7) is 0. The van der Waals surface area contributed by atoms with Gasteiger partial charge in [0, 0.05) is 17.4 Å². The monoisotopic (exact) mass is 395 g/mol. The molecule has 0 aliphatic rings. The Morgan fingerprint density at radius 3 is 2.63 bits per heavy atom. The number of alkyl halides is 3. The molecule has 8 heteroatoms. The lowest BCUT2D eigenvalue weighted by atomic mass is 10.1. The molecule has 0 saturated heterocycles. The Labute approximate surface area is 156 Å². The maximum atomic E-state index is 14.0. The number of halogens is 4. The molecule has 140 valence electrons. The zero-order chi connectivity index (χ0) is 19.6. The van der Waals surface area contributed by atoms with Crippen LogP contribution in [-0.2, 0) is 17.3 Å². The van der Waals surface area contributed by atoms with Gasteiger partial charge in [-0.15, -0.1) is 11.3 Å². The van der Waals surface area contributed by atoms with E-state index in [0.717, 1.165) is 12.1 Å². The van der Waals surface area contributed by atoms with Gasteiger partial charge in [-0.3, -0.25) is 0 Å². The van der Waals surface area contributed by atoms with Gasteiger partial charge in [0.25, 0.3) is 0 Å². The lowest BCUT2D eigenvalue weighted by Gasteiger charge is -2.07. The number of carbonyl (C=O) groups is 1. The lowest BCUT2D eigenvalue weighted by Crippen LogP contribution is -2.05. The number of methoxy groups -OCH3 is 1. The van der Waals surface area contributed by atoms with Crippen molar-refractivity contribution < 1.29 is 27.1 Å². The van der Waals surface area contributed by atoms with E-state index in [2.05, 4.69) is 9.72 Å². The largest absolute Gasteiger partial charge is 0.465 e. The molecule has 3 aromatic rings. The van der Waals surface area contributed by atoms with Gasteiger partial charge in [0.1, 0.15) is 5.82 Å². The van der Waals surface area contributed by atoms with Gasteiger partial charge in [0.15, 0.2) is 0 Å². The Hall–Kier alpha value is -2.74. The van der Waals surface area contributed by atoms with Crippen molar-refractivity contribution in [1.29, 1.82) is 0 Å². The number of nitrogens with zero attached hydrogens (tertiary/aromatic N) is 1. The highest BCUT2D eigenvalue weighted by Crippen LogP contribution is 2.32. The van der Waals surface area contributed by atoms with E-state index in [4.69, 9.17) is 0 Å². The highest BCUT2D eigenvalue weighted by molar-refractivity contribution is 7.10. The Bertz CT molecular complexity index is 982. The van der Waals surface area contributed by atoms with Gasteiger partial charge in [-0.25, -0.2) is 14.2 Å². The van der Waals surface area contributed by atoms with Crippen LogP contribution in [0.15, 0.2) is 47.8 Å². The maximum absolute atomic E-state index is 14.0. The first-order valence-corrected chi connectivity index (χ1v) is 8.64. The first kappa shape index (κ1) is 19.0. The molecule has 0 N–H and O–H groups in total. The van der Waals surface area contributed by atoms with E-state index in [-0.39, 0.29) is 5.56 Å². The SMILES string of the molecule is COC(=O)c1ccc(Cc2nc(-c3cccc(C(F)(F)F)c3)cs2)cc1F. The fourth-order valence-electron chi connectivity index (χ4n) is 2.50. The van der Waals surface area contributed by atoms with Gasteiger partial charge in [0.05, 0.1) is 28.9 Å². The molecule has 3 rings (SSSR count). The second-order valence-electron chi connectivity index (χ2n) is 5.69. The number of thiazole rings is 1. The molecule has 2 aromatic carbocycles. The summed E-state index contributed by atoms with van der Waals surface area (Å²) in [5, 5.41) is 2.27. The van der Waals surface area contributed by atoms with Crippen molar-refractivity contribution in [2.45, 2.75) is 12.6 Å². The Morgan fingerprint density at radius 1 is 1.19 bits per heavy atom. The average molecular weight is 395 g/mol. The predicted octanol–water partition coefficient (Wildman–Crippen LogP) is 5.35. The van der Waals surface area contributed by atoms with E-state index in [9.17, 15) is 22.4 Å². The van der Waals surface area contributed by atoms with Gasteiger partial charge < -0.3 is 4.74 Å². The highest BCUT2D eigenvalue weighted by atomic mass is 32.1. The summed E-state index contributed by atoms with van der Waals surface area (Å²) < 4.78 is 57.0. The van der Waals surface area contributed by atoms with Crippen LogP contribution in [0.3, 0.4) is 0 Å². The van der Waals surface area contributed by atoms with Crippen molar-refractivity contribution in [2.75, 3.05) is 7.11 Å². The summed E-state index contributed by atoms with van der Waals surface area (Å²) in [4.78, 5) is 15.7. The summed E-state index contributed by atoms with van der Waals surface area (Å²) in [7, 11) is 1.17. The van der Waals surface area contributed by atoms with Crippen molar-refractivity contribution in [3.8, 4) is 11.3 Å². The molecule has 3 nitrogen and oxygen atoms in total. The molecule has 0 bridgehead atoms. The van der Waals surface area contributed by atoms with E-state index in [1.165, 1.54) is 36.6 Å². The number of esters is 1. The van der Waals surface area contributed by atoms with Crippen molar-refractivity contribution >= 4 is 17.3 Å². The smallest absolute Gasteiger partial charge is 0.416 e. The molecule has 1 aromatic heterocycles. The zero-order valence-electron chi connectivity index (χ0n) is 14.0. The fourth-order valence-corrected chi connectivity index (χ4v) is 3.34. The lowest BCUT2D eigenvalue weighted by molar-refractivity contribution is -0.137. The number of hydrogen-bond acceptors (Lipinski definition) is 4. The summed E-state index contributed by atoms with van der Waals surface area (Å²) in [5.41, 5.74) is 0.470. The molecule has 0 amide bonds. The normalized spacial score (nSPS) is 11.4. The zero-order valence-corrected chi connectivity index (χ0v) is 14.8. The van der Waals surface area contributed by atoms with E-state index in [1.54, 1.807) is 17.5 Å². The van der Waals surface area contributed by atoms with Gasteiger partial charge >= 0.3 is 12.1 Å². The first-order valence-electron chi connectivity index (χ1n) is 7.76. The highest BCUT2D eigenvalue weighted by Gasteiger charge is 2.30. The summed E-state index contributed by atoms with van der Waals surface area (Å²) in [6.07, 6.45) is -4.13. The van der Waals surface area contributed by atoms with Crippen LogP contribution in [0.5, 0.6) is 0 Å². The van der Waals surface area contributed by atoms with E-state index in [1.807, 2.05) is 0 Å². The van der Waals surface area contributed by atoms with Gasteiger partial charge in [-0.2, -0.15) is 13.2 Å². The standard InChI is InChI=1S/C19H13F4NO2S/c1-26-18(25)14-6-5-11(7-15(14)20)8-17-24-16(10-27-17)12-3-2-4-13(9-12)19(21,22)23/h2-7,9-10H,8H2,1H3. The van der Waals surface area contributed by atoms with Crippen LogP contribution in [0, 0.1) is 5.82 Å². The maximum Gasteiger partial charge on any atom is 0.416 e.